The van der Waals surface area contributed by atoms with E-state index >= 15 is 0 Å². The number of aliphatic hydroxyl groups is 1. The fourth-order valence-electron chi connectivity index (χ4n) is 3.83. The largest absolute Gasteiger partial charge is 0.389 e. The van der Waals surface area contributed by atoms with E-state index in [0.717, 1.165) is 30.6 Å². The van der Waals surface area contributed by atoms with E-state index < -0.39 is 6.10 Å². The smallest absolute Gasteiger partial charge is 0.0897 e. The summed E-state index contributed by atoms with van der Waals surface area (Å²) >= 11 is 0. The van der Waals surface area contributed by atoms with Crippen LogP contribution in [0.1, 0.15) is 30.4 Å². The monoisotopic (exact) mass is 306 g/mol. The van der Waals surface area contributed by atoms with Gasteiger partial charge in [0.05, 0.1) is 12.1 Å². The molecule has 3 unspecified atom stereocenters. The van der Waals surface area contributed by atoms with Gasteiger partial charge >= 0.3 is 0 Å². The van der Waals surface area contributed by atoms with Gasteiger partial charge in [-0.15, -0.1) is 0 Å². The van der Waals surface area contributed by atoms with Gasteiger partial charge in [-0.1, -0.05) is 48.6 Å². The molecule has 0 amide bonds. The van der Waals surface area contributed by atoms with Crippen molar-refractivity contribution in [3.63, 3.8) is 0 Å². The zero-order valence-electron chi connectivity index (χ0n) is 13.1. The number of hydrogen-bond acceptors (Lipinski definition) is 3. The van der Waals surface area contributed by atoms with Crippen LogP contribution in [0.3, 0.4) is 0 Å². The highest BCUT2D eigenvalue weighted by Crippen LogP contribution is 2.40. The van der Waals surface area contributed by atoms with Crippen molar-refractivity contribution in [3.05, 3.63) is 59.7 Å². The lowest BCUT2D eigenvalue weighted by atomic mass is 9.86. The first-order valence-corrected chi connectivity index (χ1v) is 8.35. The van der Waals surface area contributed by atoms with Gasteiger partial charge in [-0.3, -0.25) is 0 Å². The number of nitrogens with two attached hydrogens (primary N) is 1. The van der Waals surface area contributed by atoms with E-state index in [1.807, 2.05) is 0 Å². The summed E-state index contributed by atoms with van der Waals surface area (Å²) in [5, 5.41) is 10.7. The highest BCUT2D eigenvalue weighted by molar-refractivity contribution is 5.89. The molecule has 1 fully saturated rings. The van der Waals surface area contributed by atoms with E-state index in [2.05, 4.69) is 65.6 Å². The number of aliphatic hydroxyl groups excluding tert-OH is 1. The van der Waals surface area contributed by atoms with Crippen LogP contribution in [0.2, 0.25) is 0 Å². The van der Waals surface area contributed by atoms with Crippen molar-refractivity contribution in [2.75, 3.05) is 4.90 Å². The Balaban J connectivity index is 1.89. The Labute approximate surface area is 137 Å². The molecule has 1 heterocycles. The van der Waals surface area contributed by atoms with E-state index in [1.54, 1.807) is 0 Å². The van der Waals surface area contributed by atoms with Crippen molar-refractivity contribution < 1.29 is 5.11 Å². The van der Waals surface area contributed by atoms with Gasteiger partial charge in [-0.2, -0.15) is 0 Å². The van der Waals surface area contributed by atoms with Crippen LogP contribution in [0.15, 0.2) is 48.5 Å². The molecular weight excluding hydrogens is 284 g/mol. The summed E-state index contributed by atoms with van der Waals surface area (Å²) in [4.78, 5) is 2.30. The Bertz CT molecular complexity index is 690. The quantitative estimate of drug-likeness (QED) is 0.847. The molecule has 1 saturated carbocycles. The molecule has 0 bridgehead atoms. The summed E-state index contributed by atoms with van der Waals surface area (Å²) in [5.41, 5.74) is 10.8. The first-order valence-electron chi connectivity index (χ1n) is 8.35. The zero-order valence-corrected chi connectivity index (χ0v) is 13.1. The van der Waals surface area contributed by atoms with Crippen LogP contribution in [0.4, 0.5) is 11.4 Å². The number of benzene rings is 2. The normalized spacial score (nSPS) is 26.3. The average molecular weight is 306 g/mol. The highest BCUT2D eigenvalue weighted by Gasteiger charge is 2.36. The molecule has 2 aliphatic rings. The van der Waals surface area contributed by atoms with Gasteiger partial charge in [0, 0.05) is 17.4 Å². The van der Waals surface area contributed by atoms with Crippen LogP contribution in [-0.4, -0.2) is 23.3 Å². The van der Waals surface area contributed by atoms with E-state index in [-0.39, 0.29) is 12.1 Å². The van der Waals surface area contributed by atoms with Crippen molar-refractivity contribution in [2.45, 2.75) is 37.5 Å². The molecule has 2 aromatic carbocycles. The fraction of sp³-hybridized carbons (Fsp3) is 0.300. The minimum Gasteiger partial charge on any atom is -0.389 e. The van der Waals surface area contributed by atoms with E-state index in [4.69, 9.17) is 5.73 Å². The maximum absolute atomic E-state index is 10.7. The second-order valence-electron chi connectivity index (χ2n) is 6.47. The van der Waals surface area contributed by atoms with Gasteiger partial charge < -0.3 is 15.7 Å². The second-order valence-corrected chi connectivity index (χ2v) is 6.47. The molecule has 2 aromatic rings. The first-order chi connectivity index (χ1) is 11.3. The first kappa shape index (κ1) is 14.5. The summed E-state index contributed by atoms with van der Waals surface area (Å²) < 4.78 is 0. The van der Waals surface area contributed by atoms with E-state index in [9.17, 15) is 5.11 Å². The number of fused-ring (bicyclic) bond motifs is 2. The molecule has 3 heteroatoms. The molecule has 3 nitrogen and oxygen atoms in total. The molecule has 0 aromatic heterocycles. The Kier molecular flexibility index (Phi) is 3.68. The lowest BCUT2D eigenvalue weighted by Gasteiger charge is -2.42. The summed E-state index contributed by atoms with van der Waals surface area (Å²) in [6, 6.07) is 16.6. The number of hydrogen-bond donors (Lipinski definition) is 2. The highest BCUT2D eigenvalue weighted by atomic mass is 16.3. The average Bonchev–Trinajstić information content (AvgIpc) is 2.75. The van der Waals surface area contributed by atoms with Crippen LogP contribution >= 0.6 is 0 Å². The number of rotatable bonds is 1. The maximum atomic E-state index is 10.7. The van der Waals surface area contributed by atoms with Gasteiger partial charge in [0.1, 0.15) is 0 Å². The molecule has 0 radical (unpaired) electrons. The topological polar surface area (TPSA) is 49.5 Å². The Morgan fingerprint density at radius 3 is 2.04 bits per heavy atom. The second kappa shape index (κ2) is 5.84. The van der Waals surface area contributed by atoms with Gasteiger partial charge in [-0.25, -0.2) is 0 Å². The van der Waals surface area contributed by atoms with Crippen molar-refractivity contribution in [1.29, 1.82) is 0 Å². The summed E-state index contributed by atoms with van der Waals surface area (Å²) in [5.74, 6) is 0. The Morgan fingerprint density at radius 1 is 0.870 bits per heavy atom. The molecule has 1 aliphatic carbocycles. The summed E-state index contributed by atoms with van der Waals surface area (Å²) in [6.45, 7) is 0. The predicted molar refractivity (Wildman–Crippen MR) is 95.6 cm³/mol. The van der Waals surface area contributed by atoms with Gasteiger partial charge in [0.25, 0.3) is 0 Å². The minimum absolute atomic E-state index is 0.0148. The van der Waals surface area contributed by atoms with Crippen LogP contribution in [0.5, 0.6) is 0 Å². The molecule has 3 N–H and O–H groups in total. The molecule has 0 saturated heterocycles. The Morgan fingerprint density at radius 2 is 1.43 bits per heavy atom. The van der Waals surface area contributed by atoms with Crippen LogP contribution in [0, 0.1) is 0 Å². The maximum Gasteiger partial charge on any atom is 0.0897 e. The number of nitrogens with zero attached hydrogens (tertiary/aromatic N) is 1. The van der Waals surface area contributed by atoms with Gasteiger partial charge in [0.15, 0.2) is 0 Å². The number of anilines is 2. The third kappa shape index (κ3) is 2.46. The van der Waals surface area contributed by atoms with Crippen molar-refractivity contribution in [3.8, 4) is 0 Å². The molecule has 1 aliphatic heterocycles. The van der Waals surface area contributed by atoms with Crippen LogP contribution in [-0.2, 0) is 0 Å². The summed E-state index contributed by atoms with van der Waals surface area (Å²) in [6.07, 6.45) is 6.71. The van der Waals surface area contributed by atoms with E-state index in [0.29, 0.717) is 0 Å². The van der Waals surface area contributed by atoms with E-state index in [1.165, 1.54) is 11.1 Å². The molecule has 118 valence electrons. The van der Waals surface area contributed by atoms with Crippen molar-refractivity contribution in [2.24, 2.45) is 5.73 Å². The zero-order chi connectivity index (χ0) is 15.8. The number of para-hydroxylation sites is 2. The molecule has 0 spiro atoms. The van der Waals surface area contributed by atoms with Crippen molar-refractivity contribution in [1.82, 2.24) is 0 Å². The van der Waals surface area contributed by atoms with Gasteiger partial charge in [-0.05, 0) is 42.5 Å². The Hall–Kier alpha value is -2.10. The standard InChI is InChI=1S/C20H22N2O/c21-16-8-5-11-19(20(16)23)22-17-9-3-1-6-14(17)12-13-15-7-2-4-10-18(15)22/h1-4,6-7,9-10,12-13,16,19-20,23H,5,8,11,21H2. The SMILES string of the molecule is NC1CCCC(N2c3ccccc3C=Cc3ccccc32)C1O. The molecule has 3 atom stereocenters. The van der Waals surface area contributed by atoms with Crippen molar-refractivity contribution >= 4 is 23.5 Å². The van der Waals surface area contributed by atoms with Crippen LogP contribution < -0.4 is 10.6 Å². The lowest BCUT2D eigenvalue weighted by molar-refractivity contribution is 0.0878. The fourth-order valence-corrected chi connectivity index (χ4v) is 3.83. The van der Waals surface area contributed by atoms with Crippen LogP contribution in [0.25, 0.3) is 12.2 Å². The third-order valence-electron chi connectivity index (χ3n) is 5.04. The lowest BCUT2D eigenvalue weighted by Crippen LogP contribution is -2.53. The summed E-state index contributed by atoms with van der Waals surface area (Å²) in [7, 11) is 0. The van der Waals surface area contributed by atoms with Gasteiger partial charge in [0.2, 0.25) is 0 Å². The molecule has 23 heavy (non-hydrogen) atoms. The third-order valence-corrected chi connectivity index (χ3v) is 5.04. The predicted octanol–water partition coefficient (Wildman–Crippen LogP) is 3.55. The molecule has 4 rings (SSSR count). The molecular formula is C20H22N2O. The minimum atomic E-state index is -0.511.